The number of carbonyl (C=O) groups is 3. The van der Waals surface area contributed by atoms with Crippen molar-refractivity contribution in [2.75, 3.05) is 11.5 Å². The summed E-state index contributed by atoms with van der Waals surface area (Å²) >= 11 is 5.06. The van der Waals surface area contributed by atoms with Crippen molar-refractivity contribution in [3.63, 3.8) is 0 Å². The van der Waals surface area contributed by atoms with Crippen molar-refractivity contribution in [2.24, 2.45) is 5.16 Å². The largest absolute Gasteiger partial charge is 0.512 e. The first-order valence-electron chi connectivity index (χ1n) is 9.72. The van der Waals surface area contributed by atoms with Crippen LogP contribution < -0.4 is 11.1 Å². The molecule has 5 N–H and O–H groups in total. The highest BCUT2D eigenvalue weighted by molar-refractivity contribution is 8.07. The molecule has 2 aliphatic heterocycles. The van der Waals surface area contributed by atoms with Gasteiger partial charge in [0.15, 0.2) is 15.2 Å². The second-order valence-electron chi connectivity index (χ2n) is 7.03. The summed E-state index contributed by atoms with van der Waals surface area (Å²) in [4.78, 5) is 47.1. The molecule has 35 heavy (non-hydrogen) atoms. The topological polar surface area (TPSA) is 180 Å². The molecule has 180 valence electrons. The van der Waals surface area contributed by atoms with E-state index < -0.39 is 35.1 Å². The third-order valence-electron chi connectivity index (χ3n) is 4.92. The summed E-state index contributed by atoms with van der Waals surface area (Å²) in [5, 5.41) is 25.1. The van der Waals surface area contributed by atoms with Crippen LogP contribution in [0.2, 0.25) is 0 Å². The Labute approximate surface area is 212 Å². The zero-order valence-corrected chi connectivity index (χ0v) is 20.5. The number of β-lactam (4-membered cyclic amide) rings is 1. The van der Waals surface area contributed by atoms with Gasteiger partial charge in [-0.2, -0.15) is 0 Å². The average Bonchev–Trinajstić information content (AvgIpc) is 3.44. The number of hydrogen-bond acceptors (Lipinski definition) is 13. The third kappa shape index (κ3) is 4.40. The van der Waals surface area contributed by atoms with Crippen molar-refractivity contribution in [3.8, 4) is 0 Å². The fraction of sp³-hybridized carbons (Fsp3) is 0.158. The van der Waals surface area contributed by atoms with Crippen molar-refractivity contribution < 1.29 is 29.4 Å². The molecule has 2 aliphatic rings. The predicted octanol–water partition coefficient (Wildman–Crippen LogP) is 2.57. The van der Waals surface area contributed by atoms with Gasteiger partial charge in [0.05, 0.1) is 15.1 Å². The molecular formula is C19H14N6O6S4. The molecule has 0 spiro atoms. The maximum absolute atomic E-state index is 12.9. The van der Waals surface area contributed by atoms with Gasteiger partial charge in [0.25, 0.3) is 11.8 Å². The van der Waals surface area contributed by atoms with Crippen LogP contribution in [0.15, 0.2) is 49.9 Å². The second kappa shape index (κ2) is 9.37. The number of aromatic nitrogens is 2. The van der Waals surface area contributed by atoms with Gasteiger partial charge in [0.2, 0.25) is 5.88 Å². The molecule has 1 saturated heterocycles. The highest BCUT2D eigenvalue weighted by Gasteiger charge is 2.54. The number of amides is 2. The number of benzene rings is 1. The van der Waals surface area contributed by atoms with E-state index in [1.54, 1.807) is 0 Å². The van der Waals surface area contributed by atoms with E-state index >= 15 is 0 Å². The Morgan fingerprint density at radius 3 is 2.80 bits per heavy atom. The zero-order chi connectivity index (χ0) is 24.7. The Morgan fingerprint density at radius 2 is 2.11 bits per heavy atom. The molecule has 2 atom stereocenters. The Kier molecular flexibility index (Phi) is 6.26. The number of anilines is 1. The molecule has 3 aromatic rings. The fourth-order valence-electron chi connectivity index (χ4n) is 3.42. The van der Waals surface area contributed by atoms with Crippen LogP contribution in [-0.2, 0) is 14.3 Å². The Morgan fingerprint density at radius 1 is 1.31 bits per heavy atom. The number of nitrogens with two attached hydrogens (primary N) is 1. The van der Waals surface area contributed by atoms with E-state index in [1.807, 2.05) is 24.3 Å². The molecule has 2 aromatic heterocycles. The van der Waals surface area contributed by atoms with E-state index in [-0.39, 0.29) is 16.7 Å². The van der Waals surface area contributed by atoms with Gasteiger partial charge in [0, 0.05) is 11.1 Å². The lowest BCUT2D eigenvalue weighted by molar-refractivity contribution is -0.148. The number of fused-ring (bicyclic) bond motifs is 2. The van der Waals surface area contributed by atoms with Gasteiger partial charge in [0.1, 0.15) is 17.1 Å². The molecule has 0 radical (unpaired) electrons. The number of thioether (sulfide) groups is 2. The summed E-state index contributed by atoms with van der Waals surface area (Å²) in [6.45, 7) is 0. The number of carbonyl (C=O) groups excluding carboxylic acids is 2. The van der Waals surface area contributed by atoms with Gasteiger partial charge >= 0.3 is 6.16 Å². The zero-order valence-electron chi connectivity index (χ0n) is 17.3. The van der Waals surface area contributed by atoms with Gasteiger partial charge in [-0.3, -0.25) is 14.5 Å². The lowest BCUT2D eigenvalue weighted by Gasteiger charge is -2.48. The molecule has 0 bridgehead atoms. The number of nitrogens with zero attached hydrogens (tertiary/aromatic N) is 4. The summed E-state index contributed by atoms with van der Waals surface area (Å²) in [6, 6.07) is 6.60. The molecular weight excluding hydrogens is 537 g/mol. The van der Waals surface area contributed by atoms with Crippen LogP contribution >= 0.6 is 46.2 Å². The number of para-hydroxylation sites is 1. The van der Waals surface area contributed by atoms with E-state index in [1.165, 1.54) is 45.1 Å². The highest BCUT2D eigenvalue weighted by atomic mass is 32.2. The van der Waals surface area contributed by atoms with Crippen LogP contribution in [0.5, 0.6) is 0 Å². The van der Waals surface area contributed by atoms with Crippen LogP contribution in [-0.4, -0.2) is 66.0 Å². The Balaban J connectivity index is 1.36. The van der Waals surface area contributed by atoms with Gasteiger partial charge in [-0.05, 0) is 12.1 Å². The van der Waals surface area contributed by atoms with Crippen LogP contribution in [0, 0.1) is 0 Å². The minimum Gasteiger partial charge on any atom is -0.449 e. The van der Waals surface area contributed by atoms with Crippen LogP contribution in [0.4, 0.5) is 9.93 Å². The molecule has 1 unspecified atom stereocenters. The van der Waals surface area contributed by atoms with Crippen molar-refractivity contribution in [3.05, 3.63) is 46.1 Å². The van der Waals surface area contributed by atoms with Gasteiger partial charge in [-0.25, -0.2) is 14.8 Å². The maximum atomic E-state index is 12.9. The van der Waals surface area contributed by atoms with Crippen molar-refractivity contribution in [1.82, 2.24) is 20.2 Å². The summed E-state index contributed by atoms with van der Waals surface area (Å²) in [7, 11) is 0. The molecule has 16 heteroatoms. The molecule has 5 rings (SSSR count). The number of ether oxygens (including phenoxy) is 1. The van der Waals surface area contributed by atoms with Gasteiger partial charge in [-0.15, -0.1) is 34.4 Å². The summed E-state index contributed by atoms with van der Waals surface area (Å²) < 4.78 is 6.65. The van der Waals surface area contributed by atoms with E-state index in [4.69, 9.17) is 10.5 Å². The lowest BCUT2D eigenvalue weighted by Crippen LogP contribution is -2.70. The predicted molar refractivity (Wildman–Crippen MR) is 131 cm³/mol. The fourth-order valence-corrected chi connectivity index (χ4v) is 7.60. The number of rotatable bonds is 6. The minimum atomic E-state index is -1.57. The second-order valence-corrected chi connectivity index (χ2v) is 11.4. The summed E-state index contributed by atoms with van der Waals surface area (Å²) in [6.07, 6.45) is -1.57. The number of hydrogen-bond donors (Lipinski definition) is 4. The summed E-state index contributed by atoms with van der Waals surface area (Å²) in [5.74, 6) is -1.17. The first-order chi connectivity index (χ1) is 16.9. The molecule has 0 saturated carbocycles. The Bertz CT molecular complexity index is 1380. The highest BCUT2D eigenvalue weighted by Crippen LogP contribution is 2.46. The first kappa shape index (κ1) is 23.4. The van der Waals surface area contributed by atoms with Crippen LogP contribution in [0.1, 0.15) is 5.69 Å². The monoisotopic (exact) mass is 550 g/mol. The van der Waals surface area contributed by atoms with Gasteiger partial charge in [-0.1, -0.05) is 29.1 Å². The minimum absolute atomic E-state index is 0.0664. The van der Waals surface area contributed by atoms with Crippen molar-refractivity contribution in [2.45, 2.75) is 15.8 Å². The molecule has 4 heterocycles. The molecule has 1 aromatic carbocycles. The van der Waals surface area contributed by atoms with Gasteiger partial charge < -0.3 is 26.1 Å². The number of carboxylic acid groups (broad SMARTS) is 1. The standard InChI is InChI=1S/C19H14N6O6S4/c20-17-21-8(5-33-17)11(24-30)13(26)23-12-14(27)25-15(31-19(28)29)10(6-32-16(12)25)35-18-22-7-3-1-2-4-9(7)34-18/h1-5,12,16,30H,6H2,(H2,20,21)(H,23,26)(H,28,29)/b24-11-/t12?,16-/m0/s1. The SMILES string of the molecule is Nc1nc(/C(=N/O)C(=O)NC2C(=O)N3C(OC(=O)O)=C(Sc4nc5ccccc5s4)CS[C@@H]23)cs1. The molecule has 2 amide bonds. The van der Waals surface area contributed by atoms with Crippen molar-refractivity contribution in [1.29, 1.82) is 0 Å². The lowest BCUT2D eigenvalue weighted by atomic mass is 10.1. The third-order valence-corrected chi connectivity index (χ3v) is 9.22. The number of nitrogens with one attached hydrogen (secondary N) is 1. The smallest absolute Gasteiger partial charge is 0.449 e. The number of nitrogen functional groups attached to an aromatic ring is 1. The molecule has 0 aliphatic carbocycles. The normalized spacial score (nSPS) is 19.9. The van der Waals surface area contributed by atoms with Crippen LogP contribution in [0.3, 0.4) is 0 Å². The molecule has 12 nitrogen and oxygen atoms in total. The quantitative estimate of drug-likeness (QED) is 0.116. The first-order valence-corrected chi connectivity index (χ1v) is 13.3. The van der Waals surface area contributed by atoms with E-state index in [9.17, 15) is 24.7 Å². The van der Waals surface area contributed by atoms with Crippen LogP contribution in [0.25, 0.3) is 10.2 Å². The van der Waals surface area contributed by atoms with Crippen molar-refractivity contribution >= 4 is 85.2 Å². The van der Waals surface area contributed by atoms with E-state index in [2.05, 4.69) is 20.4 Å². The number of oxime groups is 1. The van der Waals surface area contributed by atoms with E-state index in [0.717, 1.165) is 21.6 Å². The number of thiazole rings is 2. The average molecular weight is 551 g/mol. The Hall–Kier alpha value is -3.34. The van der Waals surface area contributed by atoms with E-state index in [0.29, 0.717) is 15.0 Å². The molecule has 1 fully saturated rings. The summed E-state index contributed by atoms with van der Waals surface area (Å²) in [5.41, 5.74) is 6.05. The maximum Gasteiger partial charge on any atom is 0.512 e.